The van der Waals surface area contributed by atoms with Crippen molar-refractivity contribution < 1.29 is 17.6 Å². The first-order valence-corrected chi connectivity index (χ1v) is 8.33. The van der Waals surface area contributed by atoms with E-state index in [-0.39, 0.29) is 17.1 Å². The minimum absolute atomic E-state index is 0.0124. The summed E-state index contributed by atoms with van der Waals surface area (Å²) in [6.07, 6.45) is 0. The standard InChI is InChI=1S/C12H15BrFNO3S/c1-3-19(17,18)7-8(2)15-12(16)10-6-9(13)4-5-11(10)14/h4-6,8H,3,7H2,1-2H3,(H,15,16). The number of benzene rings is 1. The number of hydrogen-bond donors (Lipinski definition) is 1. The molecule has 1 amide bonds. The minimum atomic E-state index is -3.18. The van der Waals surface area contributed by atoms with E-state index in [1.807, 2.05) is 0 Å². The molecule has 106 valence electrons. The van der Waals surface area contributed by atoms with Gasteiger partial charge in [-0.05, 0) is 25.1 Å². The van der Waals surface area contributed by atoms with E-state index < -0.39 is 27.6 Å². The first kappa shape index (κ1) is 16.1. The molecule has 0 bridgehead atoms. The number of sulfone groups is 1. The highest BCUT2D eigenvalue weighted by atomic mass is 79.9. The van der Waals surface area contributed by atoms with Gasteiger partial charge in [0.2, 0.25) is 0 Å². The lowest BCUT2D eigenvalue weighted by atomic mass is 10.2. The molecule has 1 N–H and O–H groups in total. The molecule has 0 radical (unpaired) electrons. The van der Waals surface area contributed by atoms with Crippen LogP contribution in [0.3, 0.4) is 0 Å². The minimum Gasteiger partial charge on any atom is -0.348 e. The molecule has 0 saturated heterocycles. The summed E-state index contributed by atoms with van der Waals surface area (Å²) >= 11 is 3.15. The molecule has 7 heteroatoms. The fourth-order valence-corrected chi connectivity index (χ4v) is 2.96. The molecule has 0 aromatic heterocycles. The quantitative estimate of drug-likeness (QED) is 0.883. The van der Waals surface area contributed by atoms with Crippen LogP contribution >= 0.6 is 15.9 Å². The Morgan fingerprint density at radius 1 is 1.47 bits per heavy atom. The number of carbonyl (C=O) groups is 1. The Labute approximate surface area is 120 Å². The number of nitrogens with one attached hydrogen (secondary N) is 1. The third-order valence-electron chi connectivity index (χ3n) is 2.49. The molecular weight excluding hydrogens is 337 g/mol. The summed E-state index contributed by atoms with van der Waals surface area (Å²) in [4.78, 5) is 11.8. The number of rotatable bonds is 5. The summed E-state index contributed by atoms with van der Waals surface area (Å²) in [7, 11) is -3.18. The molecule has 0 saturated carbocycles. The maximum Gasteiger partial charge on any atom is 0.254 e. The van der Waals surface area contributed by atoms with Gasteiger partial charge in [-0.15, -0.1) is 0 Å². The van der Waals surface area contributed by atoms with Crippen LogP contribution in [0, 0.1) is 5.82 Å². The Hall–Kier alpha value is -0.950. The van der Waals surface area contributed by atoms with Gasteiger partial charge in [-0.25, -0.2) is 12.8 Å². The molecule has 4 nitrogen and oxygen atoms in total. The Morgan fingerprint density at radius 2 is 2.11 bits per heavy atom. The van der Waals surface area contributed by atoms with E-state index in [0.29, 0.717) is 4.47 Å². The first-order valence-electron chi connectivity index (χ1n) is 5.71. The van der Waals surface area contributed by atoms with E-state index in [1.54, 1.807) is 6.92 Å². The van der Waals surface area contributed by atoms with E-state index in [0.717, 1.165) is 0 Å². The average Bonchev–Trinajstić information content (AvgIpc) is 2.31. The first-order chi connectivity index (χ1) is 8.75. The predicted octanol–water partition coefficient (Wildman–Crippen LogP) is 2.14. The summed E-state index contributed by atoms with van der Waals surface area (Å²) in [6.45, 7) is 3.11. The van der Waals surface area contributed by atoms with Crippen LogP contribution in [0.25, 0.3) is 0 Å². The molecule has 1 aromatic carbocycles. The Bertz CT molecular complexity index is 574. The van der Waals surface area contributed by atoms with Gasteiger partial charge in [-0.2, -0.15) is 0 Å². The summed E-state index contributed by atoms with van der Waals surface area (Å²) < 4.78 is 36.9. The lowest BCUT2D eigenvalue weighted by molar-refractivity contribution is 0.0939. The molecule has 1 aromatic rings. The van der Waals surface area contributed by atoms with Crippen LogP contribution in [0.5, 0.6) is 0 Å². The van der Waals surface area contributed by atoms with E-state index in [2.05, 4.69) is 21.2 Å². The van der Waals surface area contributed by atoms with Gasteiger partial charge >= 0.3 is 0 Å². The fraction of sp³-hybridized carbons (Fsp3) is 0.417. The zero-order valence-electron chi connectivity index (χ0n) is 10.6. The predicted molar refractivity (Wildman–Crippen MR) is 75.4 cm³/mol. The number of hydrogen-bond acceptors (Lipinski definition) is 3. The topological polar surface area (TPSA) is 63.2 Å². The van der Waals surface area contributed by atoms with Crippen molar-refractivity contribution in [3.8, 4) is 0 Å². The largest absolute Gasteiger partial charge is 0.348 e. The van der Waals surface area contributed by atoms with Gasteiger partial charge in [-0.3, -0.25) is 4.79 Å². The highest BCUT2D eigenvalue weighted by Crippen LogP contribution is 2.15. The second-order valence-corrected chi connectivity index (χ2v) is 7.51. The van der Waals surface area contributed by atoms with Crippen LogP contribution in [0.4, 0.5) is 4.39 Å². The summed E-state index contributed by atoms with van der Waals surface area (Å²) in [5, 5.41) is 2.48. The molecular formula is C12H15BrFNO3S. The summed E-state index contributed by atoms with van der Waals surface area (Å²) in [5.41, 5.74) is -0.116. The normalized spacial score (nSPS) is 13.1. The molecule has 0 spiro atoms. The van der Waals surface area contributed by atoms with Gasteiger partial charge < -0.3 is 5.32 Å². The van der Waals surface area contributed by atoms with Crippen molar-refractivity contribution in [1.82, 2.24) is 5.32 Å². The van der Waals surface area contributed by atoms with Gasteiger partial charge in [-0.1, -0.05) is 22.9 Å². The molecule has 1 atom stereocenters. The van der Waals surface area contributed by atoms with Crippen LogP contribution in [-0.2, 0) is 9.84 Å². The molecule has 1 rings (SSSR count). The van der Waals surface area contributed by atoms with Crippen LogP contribution in [0.2, 0.25) is 0 Å². The van der Waals surface area contributed by atoms with Crippen molar-refractivity contribution in [1.29, 1.82) is 0 Å². The average molecular weight is 352 g/mol. The third kappa shape index (κ3) is 4.91. The van der Waals surface area contributed by atoms with E-state index in [1.165, 1.54) is 25.1 Å². The van der Waals surface area contributed by atoms with Gasteiger partial charge in [0.1, 0.15) is 5.82 Å². The van der Waals surface area contributed by atoms with E-state index in [4.69, 9.17) is 0 Å². The lowest BCUT2D eigenvalue weighted by Crippen LogP contribution is -2.38. The van der Waals surface area contributed by atoms with Crippen molar-refractivity contribution in [2.24, 2.45) is 0 Å². The molecule has 1 unspecified atom stereocenters. The number of halogens is 2. The van der Waals surface area contributed by atoms with Gasteiger partial charge in [0.25, 0.3) is 5.91 Å². The maximum atomic E-state index is 13.5. The van der Waals surface area contributed by atoms with Crippen molar-refractivity contribution >= 4 is 31.7 Å². The Balaban J connectivity index is 2.77. The third-order valence-corrected chi connectivity index (χ3v) is 4.88. The molecule has 0 aliphatic carbocycles. The highest BCUT2D eigenvalue weighted by Gasteiger charge is 2.18. The summed E-state index contributed by atoms with van der Waals surface area (Å²) in [5.74, 6) is -1.42. The smallest absolute Gasteiger partial charge is 0.254 e. The highest BCUT2D eigenvalue weighted by molar-refractivity contribution is 9.10. The van der Waals surface area contributed by atoms with Crippen LogP contribution in [-0.4, -0.2) is 31.9 Å². The second kappa shape index (κ2) is 6.47. The van der Waals surface area contributed by atoms with Crippen LogP contribution in [0.15, 0.2) is 22.7 Å². The van der Waals surface area contributed by atoms with E-state index >= 15 is 0 Å². The lowest BCUT2D eigenvalue weighted by Gasteiger charge is -2.14. The molecule has 0 aliphatic heterocycles. The van der Waals surface area contributed by atoms with Crippen LogP contribution < -0.4 is 5.32 Å². The molecule has 0 heterocycles. The summed E-state index contributed by atoms with van der Waals surface area (Å²) in [6, 6.07) is 3.44. The second-order valence-electron chi connectivity index (χ2n) is 4.20. The van der Waals surface area contributed by atoms with Crippen LogP contribution in [0.1, 0.15) is 24.2 Å². The van der Waals surface area contributed by atoms with Crippen molar-refractivity contribution in [3.05, 3.63) is 34.1 Å². The monoisotopic (exact) mass is 351 g/mol. The van der Waals surface area contributed by atoms with Gasteiger partial charge in [0, 0.05) is 16.3 Å². The van der Waals surface area contributed by atoms with Crippen molar-refractivity contribution in [3.63, 3.8) is 0 Å². The molecule has 0 fully saturated rings. The molecule has 0 aliphatic rings. The Morgan fingerprint density at radius 3 is 2.68 bits per heavy atom. The SMILES string of the molecule is CCS(=O)(=O)CC(C)NC(=O)c1cc(Br)ccc1F. The number of carbonyl (C=O) groups excluding carboxylic acids is 1. The Kier molecular flexibility index (Phi) is 5.49. The molecule has 19 heavy (non-hydrogen) atoms. The zero-order chi connectivity index (χ0) is 14.6. The van der Waals surface area contributed by atoms with Gasteiger partial charge in [0.15, 0.2) is 9.84 Å². The fourth-order valence-electron chi connectivity index (χ4n) is 1.51. The number of amides is 1. The van der Waals surface area contributed by atoms with Gasteiger partial charge in [0.05, 0.1) is 11.3 Å². The van der Waals surface area contributed by atoms with Crippen molar-refractivity contribution in [2.45, 2.75) is 19.9 Å². The van der Waals surface area contributed by atoms with Crippen molar-refractivity contribution in [2.75, 3.05) is 11.5 Å². The zero-order valence-corrected chi connectivity index (χ0v) is 13.0. The van der Waals surface area contributed by atoms with E-state index in [9.17, 15) is 17.6 Å². The maximum absolute atomic E-state index is 13.5.